The van der Waals surface area contributed by atoms with E-state index in [4.69, 9.17) is 4.74 Å². The molecule has 0 heterocycles. The van der Waals surface area contributed by atoms with Gasteiger partial charge in [-0.25, -0.2) is 0 Å². The van der Waals surface area contributed by atoms with Crippen LogP contribution in [-0.2, 0) is 0 Å². The normalized spacial score (nSPS) is 11.2. The van der Waals surface area contributed by atoms with Crippen LogP contribution < -0.4 is 4.74 Å². The summed E-state index contributed by atoms with van der Waals surface area (Å²) in [6.07, 6.45) is 4.19. The molecule has 0 N–H and O–H groups in total. The standard InChI is InChI=1S/C18H19O/c1-14(2)17-11-9-15(10-12-17)7-8-16-5-4-6-18(13-16)19-3/h4-5,7-14H,1-3H3/b8-7+. The number of methoxy groups -OCH3 is 1. The molecule has 1 radical (unpaired) electrons. The Hall–Kier alpha value is -2.02. The molecule has 1 heteroatoms. The van der Waals surface area contributed by atoms with E-state index in [-0.39, 0.29) is 0 Å². The van der Waals surface area contributed by atoms with Gasteiger partial charge in [-0.05, 0) is 34.7 Å². The highest BCUT2D eigenvalue weighted by Gasteiger charge is 1.97. The van der Waals surface area contributed by atoms with Gasteiger partial charge in [0.15, 0.2) is 0 Å². The van der Waals surface area contributed by atoms with E-state index in [0.717, 1.165) is 11.3 Å². The fraction of sp³-hybridized carbons (Fsp3) is 0.222. The van der Waals surface area contributed by atoms with E-state index in [1.807, 2.05) is 18.2 Å². The zero-order valence-corrected chi connectivity index (χ0v) is 11.7. The van der Waals surface area contributed by atoms with Crippen LogP contribution in [0.3, 0.4) is 0 Å². The SMILES string of the molecule is COc1[c]ccc(/C=C/c2ccc(C(C)C)cc2)c1. The predicted octanol–water partition coefficient (Wildman–Crippen LogP) is 4.79. The van der Waals surface area contributed by atoms with Gasteiger partial charge in [-0.2, -0.15) is 0 Å². The van der Waals surface area contributed by atoms with Crippen molar-refractivity contribution in [2.45, 2.75) is 19.8 Å². The second kappa shape index (κ2) is 6.24. The van der Waals surface area contributed by atoms with Crippen molar-refractivity contribution in [3.63, 3.8) is 0 Å². The zero-order chi connectivity index (χ0) is 13.7. The maximum Gasteiger partial charge on any atom is 0.127 e. The van der Waals surface area contributed by atoms with Gasteiger partial charge in [0.05, 0.1) is 7.11 Å². The van der Waals surface area contributed by atoms with Gasteiger partial charge in [-0.15, -0.1) is 0 Å². The molecule has 0 aliphatic heterocycles. The molecule has 2 rings (SSSR count). The Balaban J connectivity index is 2.13. The van der Waals surface area contributed by atoms with E-state index in [1.54, 1.807) is 7.11 Å². The largest absolute Gasteiger partial charge is 0.496 e. The minimum absolute atomic E-state index is 0.576. The van der Waals surface area contributed by atoms with E-state index < -0.39 is 0 Å². The van der Waals surface area contributed by atoms with Gasteiger partial charge in [0, 0.05) is 6.07 Å². The first kappa shape index (κ1) is 13.4. The first-order chi connectivity index (χ1) is 9.19. The summed E-state index contributed by atoms with van der Waals surface area (Å²) in [5.41, 5.74) is 3.69. The third-order valence-electron chi connectivity index (χ3n) is 3.09. The van der Waals surface area contributed by atoms with Gasteiger partial charge >= 0.3 is 0 Å². The number of benzene rings is 2. The lowest BCUT2D eigenvalue weighted by Crippen LogP contribution is -1.86. The highest BCUT2D eigenvalue weighted by molar-refractivity contribution is 5.70. The van der Waals surface area contributed by atoms with Crippen LogP contribution in [0.1, 0.15) is 36.5 Å². The molecule has 0 saturated carbocycles. The van der Waals surface area contributed by atoms with Crippen LogP contribution in [0.4, 0.5) is 0 Å². The van der Waals surface area contributed by atoms with Gasteiger partial charge in [0.25, 0.3) is 0 Å². The molecule has 0 aromatic heterocycles. The minimum atomic E-state index is 0.576. The summed E-state index contributed by atoms with van der Waals surface area (Å²) in [6.45, 7) is 4.41. The summed E-state index contributed by atoms with van der Waals surface area (Å²) in [6, 6.07) is 17.6. The van der Waals surface area contributed by atoms with E-state index >= 15 is 0 Å². The molecule has 0 atom stereocenters. The number of ether oxygens (including phenoxy) is 1. The summed E-state index contributed by atoms with van der Waals surface area (Å²) >= 11 is 0. The van der Waals surface area contributed by atoms with Gasteiger partial charge in [0.2, 0.25) is 0 Å². The fourth-order valence-corrected chi connectivity index (χ4v) is 1.87. The second-order valence-electron chi connectivity index (χ2n) is 4.85. The molecular weight excluding hydrogens is 232 g/mol. The van der Waals surface area contributed by atoms with Crippen molar-refractivity contribution in [2.75, 3.05) is 7.11 Å². The molecule has 0 aliphatic carbocycles. The summed E-state index contributed by atoms with van der Waals surface area (Å²) < 4.78 is 5.16. The second-order valence-corrected chi connectivity index (χ2v) is 4.85. The molecule has 0 bridgehead atoms. The lowest BCUT2D eigenvalue weighted by atomic mass is 10.0. The smallest absolute Gasteiger partial charge is 0.127 e. The van der Waals surface area contributed by atoms with Crippen LogP contribution in [0.25, 0.3) is 12.2 Å². The highest BCUT2D eigenvalue weighted by Crippen LogP contribution is 2.17. The summed E-state index contributed by atoms with van der Waals surface area (Å²) in [5, 5.41) is 0. The Morgan fingerprint density at radius 2 is 1.68 bits per heavy atom. The molecule has 0 unspecified atom stereocenters. The van der Waals surface area contributed by atoms with E-state index in [1.165, 1.54) is 11.1 Å². The number of hydrogen-bond donors (Lipinski definition) is 0. The predicted molar refractivity (Wildman–Crippen MR) is 81.3 cm³/mol. The van der Waals surface area contributed by atoms with Crippen LogP contribution in [0.15, 0.2) is 42.5 Å². The molecule has 0 saturated heterocycles. The molecule has 1 nitrogen and oxygen atoms in total. The fourth-order valence-electron chi connectivity index (χ4n) is 1.87. The van der Waals surface area contributed by atoms with Crippen molar-refractivity contribution in [3.05, 3.63) is 65.2 Å². The van der Waals surface area contributed by atoms with Crippen molar-refractivity contribution in [1.29, 1.82) is 0 Å². The third-order valence-corrected chi connectivity index (χ3v) is 3.09. The topological polar surface area (TPSA) is 9.23 Å². The van der Waals surface area contributed by atoms with Gasteiger partial charge in [-0.3, -0.25) is 0 Å². The van der Waals surface area contributed by atoms with Gasteiger partial charge in [0.1, 0.15) is 5.75 Å². The average molecular weight is 251 g/mol. The Morgan fingerprint density at radius 3 is 2.32 bits per heavy atom. The number of hydrogen-bond acceptors (Lipinski definition) is 1. The maximum atomic E-state index is 5.16. The van der Waals surface area contributed by atoms with Crippen molar-refractivity contribution in [1.82, 2.24) is 0 Å². The highest BCUT2D eigenvalue weighted by atomic mass is 16.5. The minimum Gasteiger partial charge on any atom is -0.496 e. The van der Waals surface area contributed by atoms with Crippen LogP contribution in [0, 0.1) is 6.07 Å². The third kappa shape index (κ3) is 3.72. The van der Waals surface area contributed by atoms with Crippen molar-refractivity contribution >= 4 is 12.2 Å². The first-order valence-corrected chi connectivity index (χ1v) is 6.53. The molecule has 2 aromatic rings. The zero-order valence-electron chi connectivity index (χ0n) is 11.7. The van der Waals surface area contributed by atoms with Crippen LogP contribution in [-0.4, -0.2) is 7.11 Å². The molecular formula is C18H19O. The number of rotatable bonds is 4. The van der Waals surface area contributed by atoms with E-state index in [2.05, 4.69) is 56.3 Å². The van der Waals surface area contributed by atoms with Gasteiger partial charge < -0.3 is 4.74 Å². The lowest BCUT2D eigenvalue weighted by Gasteiger charge is -2.04. The Labute approximate surface area is 115 Å². The summed E-state index contributed by atoms with van der Waals surface area (Å²) in [5.74, 6) is 1.34. The average Bonchev–Trinajstić information content (AvgIpc) is 2.46. The Bertz CT molecular complexity index is 550. The van der Waals surface area contributed by atoms with Crippen molar-refractivity contribution in [3.8, 4) is 5.75 Å². The molecule has 97 valence electrons. The Morgan fingerprint density at radius 1 is 1.00 bits per heavy atom. The first-order valence-electron chi connectivity index (χ1n) is 6.53. The van der Waals surface area contributed by atoms with Crippen LogP contribution in [0.2, 0.25) is 0 Å². The Kier molecular flexibility index (Phi) is 4.40. The quantitative estimate of drug-likeness (QED) is 0.710. The molecule has 0 fully saturated rings. The summed E-state index contributed by atoms with van der Waals surface area (Å²) in [7, 11) is 1.66. The lowest BCUT2D eigenvalue weighted by molar-refractivity contribution is 0.414. The van der Waals surface area contributed by atoms with Crippen molar-refractivity contribution < 1.29 is 4.74 Å². The molecule has 0 aliphatic rings. The van der Waals surface area contributed by atoms with Crippen LogP contribution >= 0.6 is 0 Å². The van der Waals surface area contributed by atoms with Gasteiger partial charge in [-0.1, -0.05) is 56.3 Å². The molecule has 0 spiro atoms. The monoisotopic (exact) mass is 251 g/mol. The van der Waals surface area contributed by atoms with E-state index in [9.17, 15) is 0 Å². The summed E-state index contributed by atoms with van der Waals surface area (Å²) in [4.78, 5) is 0. The van der Waals surface area contributed by atoms with Crippen molar-refractivity contribution in [2.24, 2.45) is 0 Å². The molecule has 19 heavy (non-hydrogen) atoms. The molecule has 2 aromatic carbocycles. The van der Waals surface area contributed by atoms with E-state index in [0.29, 0.717) is 5.92 Å². The molecule has 0 amide bonds. The van der Waals surface area contributed by atoms with Crippen LogP contribution in [0.5, 0.6) is 5.75 Å². The maximum absolute atomic E-state index is 5.16.